The molecule has 1 saturated heterocycles. The number of pyridine rings is 1. The maximum Gasteiger partial charge on any atom is 0.280 e. The van der Waals surface area contributed by atoms with Crippen LogP contribution in [0.2, 0.25) is 0 Å². The second kappa shape index (κ2) is 7.61. The van der Waals surface area contributed by atoms with Gasteiger partial charge in [-0.2, -0.15) is 5.26 Å². The number of thioether (sulfide) groups is 1. The van der Waals surface area contributed by atoms with Crippen molar-refractivity contribution in [1.82, 2.24) is 15.0 Å². The second-order valence-corrected chi connectivity index (χ2v) is 6.20. The van der Waals surface area contributed by atoms with Crippen LogP contribution in [0.5, 0.6) is 0 Å². The zero-order chi connectivity index (χ0) is 17.8. The normalized spacial score (nSPS) is 14.7. The number of hydrogen-bond acceptors (Lipinski definition) is 7. The van der Waals surface area contributed by atoms with E-state index in [1.54, 1.807) is 18.5 Å². The van der Waals surface area contributed by atoms with E-state index in [-0.39, 0.29) is 5.69 Å². The van der Waals surface area contributed by atoms with Crippen LogP contribution in [0, 0.1) is 11.3 Å². The quantitative estimate of drug-likeness (QED) is 0.612. The van der Waals surface area contributed by atoms with Crippen molar-refractivity contribution >= 4 is 23.3 Å². The van der Waals surface area contributed by atoms with Gasteiger partial charge in [-0.1, -0.05) is 11.8 Å². The molecule has 0 unspecified atom stereocenters. The number of aromatic nitrogens is 3. The number of halogens is 2. The zero-order valence-electron chi connectivity index (χ0n) is 13.6. The summed E-state index contributed by atoms with van der Waals surface area (Å²) in [4.78, 5) is 16.4. The molecule has 3 rings (SSSR count). The summed E-state index contributed by atoms with van der Waals surface area (Å²) in [5.41, 5.74) is 1.08. The molecule has 0 N–H and O–H groups in total. The van der Waals surface area contributed by atoms with E-state index < -0.39 is 6.43 Å². The number of rotatable bonds is 4. The van der Waals surface area contributed by atoms with Crippen LogP contribution in [0.25, 0.3) is 0 Å². The standard InChI is InChI=1S/C16H16F2N6S/c1-25-16-21-13(15(17)18)8-14(22-16)24-6-4-23(5-7-24)12-3-2-11(9-19)20-10-12/h2-3,8,10,15H,4-7H2,1H3. The van der Waals surface area contributed by atoms with Gasteiger partial charge >= 0.3 is 0 Å². The Morgan fingerprint density at radius 1 is 1.16 bits per heavy atom. The molecule has 3 heterocycles. The van der Waals surface area contributed by atoms with Crippen LogP contribution < -0.4 is 9.80 Å². The lowest BCUT2D eigenvalue weighted by atomic mass is 10.2. The van der Waals surface area contributed by atoms with Crippen molar-refractivity contribution < 1.29 is 8.78 Å². The van der Waals surface area contributed by atoms with E-state index in [2.05, 4.69) is 19.9 Å². The van der Waals surface area contributed by atoms with E-state index in [0.717, 1.165) is 18.8 Å². The Bertz CT molecular complexity index is 769. The molecule has 25 heavy (non-hydrogen) atoms. The van der Waals surface area contributed by atoms with Gasteiger partial charge in [0.15, 0.2) is 5.16 Å². The molecule has 0 aliphatic carbocycles. The van der Waals surface area contributed by atoms with Gasteiger partial charge in [-0.25, -0.2) is 23.7 Å². The first kappa shape index (κ1) is 17.4. The molecule has 0 atom stereocenters. The Morgan fingerprint density at radius 3 is 2.44 bits per heavy atom. The highest BCUT2D eigenvalue weighted by molar-refractivity contribution is 7.98. The van der Waals surface area contributed by atoms with Crippen molar-refractivity contribution in [1.29, 1.82) is 5.26 Å². The van der Waals surface area contributed by atoms with E-state index >= 15 is 0 Å². The monoisotopic (exact) mass is 362 g/mol. The lowest BCUT2D eigenvalue weighted by molar-refractivity contribution is 0.145. The Balaban J connectivity index is 1.71. The first-order valence-electron chi connectivity index (χ1n) is 7.68. The summed E-state index contributed by atoms with van der Waals surface area (Å²) in [6.45, 7) is 2.76. The van der Waals surface area contributed by atoms with Gasteiger partial charge in [-0.3, -0.25) is 0 Å². The topological polar surface area (TPSA) is 68.9 Å². The fourth-order valence-corrected chi connectivity index (χ4v) is 3.01. The van der Waals surface area contributed by atoms with Gasteiger partial charge in [-0.15, -0.1) is 0 Å². The Labute approximate surface area is 148 Å². The van der Waals surface area contributed by atoms with Crippen molar-refractivity contribution in [2.75, 3.05) is 42.2 Å². The Hall–Kier alpha value is -2.47. The van der Waals surface area contributed by atoms with Gasteiger partial charge in [0.2, 0.25) is 0 Å². The van der Waals surface area contributed by atoms with Crippen molar-refractivity contribution in [2.45, 2.75) is 11.6 Å². The third kappa shape index (κ3) is 3.96. The maximum atomic E-state index is 13.0. The van der Waals surface area contributed by atoms with Gasteiger partial charge in [0.25, 0.3) is 6.43 Å². The minimum Gasteiger partial charge on any atom is -0.367 e. The molecule has 1 fully saturated rings. The van der Waals surface area contributed by atoms with Crippen LogP contribution in [0.15, 0.2) is 29.6 Å². The third-order valence-electron chi connectivity index (χ3n) is 3.95. The Morgan fingerprint density at radius 2 is 1.88 bits per heavy atom. The van der Waals surface area contributed by atoms with E-state index in [1.165, 1.54) is 17.8 Å². The molecule has 0 saturated carbocycles. The average molecular weight is 362 g/mol. The number of nitrogens with zero attached hydrogens (tertiary/aromatic N) is 6. The van der Waals surface area contributed by atoms with E-state index in [9.17, 15) is 8.78 Å². The fraction of sp³-hybridized carbons (Fsp3) is 0.375. The van der Waals surface area contributed by atoms with Crippen LogP contribution >= 0.6 is 11.8 Å². The first-order chi connectivity index (χ1) is 12.1. The fourth-order valence-electron chi connectivity index (χ4n) is 2.63. The van der Waals surface area contributed by atoms with Gasteiger partial charge < -0.3 is 9.80 Å². The van der Waals surface area contributed by atoms with Crippen molar-refractivity contribution in [2.24, 2.45) is 0 Å². The number of hydrogen-bond donors (Lipinski definition) is 0. The van der Waals surface area contributed by atoms with Crippen molar-refractivity contribution in [3.8, 4) is 6.07 Å². The van der Waals surface area contributed by atoms with E-state index in [4.69, 9.17) is 5.26 Å². The number of alkyl halides is 2. The predicted molar refractivity (Wildman–Crippen MR) is 92.1 cm³/mol. The second-order valence-electron chi connectivity index (χ2n) is 5.43. The molecule has 0 amide bonds. The van der Waals surface area contributed by atoms with Gasteiger partial charge in [0.1, 0.15) is 23.3 Å². The highest BCUT2D eigenvalue weighted by atomic mass is 32.2. The minimum absolute atomic E-state index is 0.243. The summed E-state index contributed by atoms with van der Waals surface area (Å²) >= 11 is 1.25. The molecule has 0 aromatic carbocycles. The molecule has 0 spiro atoms. The van der Waals surface area contributed by atoms with Crippen molar-refractivity contribution in [3.63, 3.8) is 0 Å². The Kier molecular flexibility index (Phi) is 5.28. The molecule has 1 aliphatic rings. The lowest BCUT2D eigenvalue weighted by Gasteiger charge is -2.36. The largest absolute Gasteiger partial charge is 0.367 e. The summed E-state index contributed by atoms with van der Waals surface area (Å²) in [5.74, 6) is 0.534. The highest BCUT2D eigenvalue weighted by Crippen LogP contribution is 2.25. The predicted octanol–water partition coefficient (Wildman–Crippen LogP) is 2.73. The first-order valence-corrected chi connectivity index (χ1v) is 8.90. The zero-order valence-corrected chi connectivity index (χ0v) is 14.4. The van der Waals surface area contributed by atoms with Crippen LogP contribution in [-0.4, -0.2) is 47.4 Å². The van der Waals surface area contributed by atoms with E-state index in [1.807, 2.05) is 17.0 Å². The van der Waals surface area contributed by atoms with Crippen molar-refractivity contribution in [3.05, 3.63) is 35.8 Å². The highest BCUT2D eigenvalue weighted by Gasteiger charge is 2.21. The summed E-state index contributed by atoms with van der Waals surface area (Å²) in [6.07, 6.45) is 0.836. The summed E-state index contributed by atoms with van der Waals surface area (Å²) < 4.78 is 26.0. The molecule has 0 bridgehead atoms. The number of nitriles is 1. The summed E-state index contributed by atoms with van der Waals surface area (Å²) in [6, 6.07) is 6.91. The maximum absolute atomic E-state index is 13.0. The lowest BCUT2D eigenvalue weighted by Crippen LogP contribution is -2.47. The van der Waals surface area contributed by atoms with Crippen LogP contribution in [0.3, 0.4) is 0 Å². The van der Waals surface area contributed by atoms with Crippen LogP contribution in [0.1, 0.15) is 17.8 Å². The molecule has 6 nitrogen and oxygen atoms in total. The molecule has 0 radical (unpaired) electrons. The molecular formula is C16H16F2N6S. The van der Waals surface area contributed by atoms with Gasteiger partial charge in [0.05, 0.1) is 11.9 Å². The minimum atomic E-state index is -2.61. The summed E-state index contributed by atoms with van der Waals surface area (Å²) in [7, 11) is 0. The molecular weight excluding hydrogens is 346 g/mol. The van der Waals surface area contributed by atoms with Crippen LogP contribution in [-0.2, 0) is 0 Å². The number of anilines is 2. The van der Waals surface area contributed by atoms with Crippen LogP contribution in [0.4, 0.5) is 20.3 Å². The molecule has 2 aromatic heterocycles. The molecule has 1 aliphatic heterocycles. The van der Waals surface area contributed by atoms with E-state index in [0.29, 0.717) is 29.8 Å². The summed E-state index contributed by atoms with van der Waals surface area (Å²) in [5, 5.41) is 9.16. The van der Waals surface area contributed by atoms with Gasteiger partial charge in [0, 0.05) is 32.2 Å². The average Bonchev–Trinajstić information content (AvgIpc) is 2.67. The smallest absolute Gasteiger partial charge is 0.280 e. The third-order valence-corrected chi connectivity index (χ3v) is 4.50. The molecule has 2 aromatic rings. The van der Waals surface area contributed by atoms with Gasteiger partial charge in [-0.05, 0) is 18.4 Å². The number of piperazine rings is 1. The molecule has 9 heteroatoms. The molecule has 130 valence electrons. The SMILES string of the molecule is CSc1nc(C(F)F)cc(N2CCN(c3ccc(C#N)nc3)CC2)n1.